The van der Waals surface area contributed by atoms with Crippen molar-refractivity contribution in [3.8, 4) is 0 Å². The summed E-state index contributed by atoms with van der Waals surface area (Å²) in [5, 5.41) is 4.19. The van der Waals surface area contributed by atoms with Gasteiger partial charge in [0, 0.05) is 13.2 Å². The summed E-state index contributed by atoms with van der Waals surface area (Å²) in [5.74, 6) is -0.409. The molecule has 0 aliphatic heterocycles. The summed E-state index contributed by atoms with van der Waals surface area (Å²) in [7, 11) is 3.11. The van der Waals surface area contributed by atoms with E-state index in [-0.39, 0.29) is 0 Å². The monoisotopic (exact) mass is 269 g/mol. The maximum absolute atomic E-state index is 11.4. The molecule has 15 heavy (non-hydrogen) atoms. The molecule has 2 aromatic rings. The Hall–Kier alpha value is -1.43. The summed E-state index contributed by atoms with van der Waals surface area (Å²) in [6, 6.07) is 1.59. The lowest BCUT2D eigenvalue weighted by Crippen LogP contribution is -2.02. The largest absolute Gasteiger partial charge is 0.465 e. The molecule has 0 atom stereocenters. The molecule has 6 heteroatoms. The maximum Gasteiger partial charge on any atom is 0.340 e. The molecule has 2 aromatic heterocycles. The summed E-state index contributed by atoms with van der Waals surface area (Å²) in [5.41, 5.74) is 1.61. The number of fused-ring (bicyclic) bond motifs is 1. The van der Waals surface area contributed by atoms with Crippen LogP contribution in [0.2, 0.25) is 0 Å². The molecule has 78 valence electrons. The molecular weight excluding hydrogens is 262 g/mol. The number of pyridine rings is 1. The molecule has 0 aliphatic carbocycles. The molecule has 5 nitrogen and oxygen atoms in total. The average molecular weight is 270 g/mol. The van der Waals surface area contributed by atoms with Gasteiger partial charge in [0.2, 0.25) is 0 Å². The zero-order valence-electron chi connectivity index (χ0n) is 8.19. The minimum atomic E-state index is -0.409. The number of aromatic nitrogens is 3. The fourth-order valence-corrected chi connectivity index (χ4v) is 1.70. The number of carbonyl (C=O) groups is 1. The van der Waals surface area contributed by atoms with Crippen molar-refractivity contribution in [2.45, 2.75) is 0 Å². The average Bonchev–Trinajstić information content (AvgIpc) is 2.54. The van der Waals surface area contributed by atoms with Gasteiger partial charge in [-0.1, -0.05) is 0 Å². The third-order valence-corrected chi connectivity index (χ3v) is 2.95. The van der Waals surface area contributed by atoms with Gasteiger partial charge in [-0.3, -0.25) is 9.67 Å². The number of esters is 1. The molecule has 0 saturated carbocycles. The molecule has 0 unspecified atom stereocenters. The van der Waals surface area contributed by atoms with Crippen LogP contribution >= 0.6 is 15.9 Å². The van der Waals surface area contributed by atoms with Gasteiger partial charge in [-0.15, -0.1) is 0 Å². The first-order valence-electron chi connectivity index (χ1n) is 4.20. The third-order valence-electron chi connectivity index (χ3n) is 2.06. The number of hydrogen-bond acceptors (Lipinski definition) is 4. The maximum atomic E-state index is 11.4. The first-order valence-corrected chi connectivity index (χ1v) is 5.00. The highest BCUT2D eigenvalue weighted by Gasteiger charge is 2.16. The third kappa shape index (κ3) is 1.50. The van der Waals surface area contributed by atoms with Crippen molar-refractivity contribution in [2.75, 3.05) is 7.11 Å². The Balaban J connectivity index is 2.77. The van der Waals surface area contributed by atoms with E-state index in [0.29, 0.717) is 16.6 Å². The number of aryl methyl sites for hydroxylation is 1. The summed E-state index contributed by atoms with van der Waals surface area (Å²) in [4.78, 5) is 15.6. The molecule has 0 aromatic carbocycles. The van der Waals surface area contributed by atoms with Crippen LogP contribution in [0.4, 0.5) is 0 Å². The van der Waals surface area contributed by atoms with Crippen LogP contribution in [0.5, 0.6) is 0 Å². The highest BCUT2D eigenvalue weighted by atomic mass is 79.9. The normalized spacial score (nSPS) is 10.6. The molecule has 0 N–H and O–H groups in total. The Morgan fingerprint density at radius 3 is 2.93 bits per heavy atom. The standard InChI is InChI=1S/C9H8BrN3O2/c1-13-8(10)7-6(12-13)5(3-4-11-7)9(14)15-2/h3-4H,1-2H3. The first-order chi connectivity index (χ1) is 7.15. The van der Waals surface area contributed by atoms with Crippen molar-refractivity contribution in [2.24, 2.45) is 7.05 Å². The van der Waals surface area contributed by atoms with Crippen molar-refractivity contribution in [1.82, 2.24) is 14.8 Å². The first kappa shape index (κ1) is 10.1. The Labute approximate surface area is 94.2 Å². The van der Waals surface area contributed by atoms with E-state index in [4.69, 9.17) is 0 Å². The number of ether oxygens (including phenoxy) is 1. The van der Waals surface area contributed by atoms with E-state index in [1.54, 1.807) is 24.0 Å². The van der Waals surface area contributed by atoms with Crippen LogP contribution in [-0.2, 0) is 11.8 Å². The van der Waals surface area contributed by atoms with Gasteiger partial charge >= 0.3 is 5.97 Å². The van der Waals surface area contributed by atoms with Gasteiger partial charge in [0.05, 0.1) is 12.7 Å². The fourth-order valence-electron chi connectivity index (χ4n) is 1.33. The lowest BCUT2D eigenvalue weighted by Gasteiger charge is -1.98. The predicted molar refractivity (Wildman–Crippen MR) is 57.5 cm³/mol. The number of halogens is 1. The van der Waals surface area contributed by atoms with E-state index < -0.39 is 5.97 Å². The molecule has 0 saturated heterocycles. The van der Waals surface area contributed by atoms with Crippen LogP contribution in [0.25, 0.3) is 11.0 Å². The van der Waals surface area contributed by atoms with Crippen molar-refractivity contribution < 1.29 is 9.53 Å². The van der Waals surface area contributed by atoms with Crippen molar-refractivity contribution in [1.29, 1.82) is 0 Å². The molecular formula is C9H8BrN3O2. The summed E-state index contributed by atoms with van der Waals surface area (Å²) in [6.07, 6.45) is 1.56. The number of nitrogens with zero attached hydrogens (tertiary/aromatic N) is 3. The fraction of sp³-hybridized carbons (Fsp3) is 0.222. The van der Waals surface area contributed by atoms with Gasteiger partial charge in [0.25, 0.3) is 0 Å². The molecule has 2 rings (SSSR count). The van der Waals surface area contributed by atoms with E-state index in [0.717, 1.165) is 4.60 Å². The Morgan fingerprint density at radius 2 is 2.27 bits per heavy atom. The molecule has 0 spiro atoms. The number of methoxy groups -OCH3 is 1. The quantitative estimate of drug-likeness (QED) is 0.737. The topological polar surface area (TPSA) is 57.0 Å². The summed E-state index contributed by atoms with van der Waals surface area (Å²) < 4.78 is 7.02. The smallest absolute Gasteiger partial charge is 0.340 e. The van der Waals surface area contributed by atoms with Gasteiger partial charge < -0.3 is 4.74 Å². The van der Waals surface area contributed by atoms with Gasteiger partial charge in [-0.25, -0.2) is 4.79 Å². The van der Waals surface area contributed by atoms with Crippen LogP contribution in [0.15, 0.2) is 16.9 Å². The second kappa shape index (κ2) is 3.62. The van der Waals surface area contributed by atoms with E-state index in [9.17, 15) is 4.79 Å². The van der Waals surface area contributed by atoms with Crippen molar-refractivity contribution in [3.63, 3.8) is 0 Å². The number of rotatable bonds is 1. The van der Waals surface area contributed by atoms with Crippen LogP contribution in [0, 0.1) is 0 Å². The zero-order chi connectivity index (χ0) is 11.0. The van der Waals surface area contributed by atoms with Gasteiger partial charge in [0.15, 0.2) is 0 Å². The van der Waals surface area contributed by atoms with Crippen LogP contribution in [-0.4, -0.2) is 27.8 Å². The minimum Gasteiger partial charge on any atom is -0.465 e. The van der Waals surface area contributed by atoms with Gasteiger partial charge in [-0.2, -0.15) is 5.10 Å². The Bertz CT molecular complexity index is 535. The Morgan fingerprint density at radius 1 is 1.53 bits per heavy atom. The summed E-state index contributed by atoms with van der Waals surface area (Å²) in [6.45, 7) is 0. The molecule has 2 heterocycles. The predicted octanol–water partition coefficient (Wildman–Crippen LogP) is 1.52. The molecule has 0 radical (unpaired) electrons. The van der Waals surface area contributed by atoms with Crippen molar-refractivity contribution in [3.05, 3.63) is 22.4 Å². The van der Waals surface area contributed by atoms with Gasteiger partial charge in [-0.05, 0) is 22.0 Å². The van der Waals surface area contributed by atoms with E-state index in [1.165, 1.54) is 7.11 Å². The molecule has 0 aliphatic rings. The van der Waals surface area contributed by atoms with E-state index in [1.807, 2.05) is 0 Å². The lowest BCUT2D eigenvalue weighted by atomic mass is 10.2. The highest BCUT2D eigenvalue weighted by Crippen LogP contribution is 2.23. The molecule has 0 bridgehead atoms. The number of hydrogen-bond donors (Lipinski definition) is 0. The van der Waals surface area contributed by atoms with E-state index >= 15 is 0 Å². The second-order valence-corrected chi connectivity index (χ2v) is 3.71. The number of carbonyl (C=O) groups excluding carboxylic acids is 1. The molecule has 0 fully saturated rings. The van der Waals surface area contributed by atoms with E-state index in [2.05, 4.69) is 30.7 Å². The molecule has 0 amide bonds. The van der Waals surface area contributed by atoms with Gasteiger partial charge in [0.1, 0.15) is 15.6 Å². The summed E-state index contributed by atoms with van der Waals surface area (Å²) >= 11 is 3.34. The highest BCUT2D eigenvalue weighted by molar-refractivity contribution is 9.10. The van der Waals surface area contributed by atoms with Crippen molar-refractivity contribution >= 4 is 32.9 Å². The lowest BCUT2D eigenvalue weighted by molar-refractivity contribution is 0.0602. The van der Waals surface area contributed by atoms with Crippen LogP contribution in [0.1, 0.15) is 10.4 Å². The minimum absolute atomic E-state index is 0.409. The second-order valence-electron chi connectivity index (χ2n) is 2.96. The zero-order valence-corrected chi connectivity index (χ0v) is 9.78. The van der Waals surface area contributed by atoms with Crippen LogP contribution < -0.4 is 0 Å². The van der Waals surface area contributed by atoms with Crippen LogP contribution in [0.3, 0.4) is 0 Å². The Kier molecular flexibility index (Phi) is 2.44. The SMILES string of the molecule is COC(=O)c1ccnc2c(Br)n(C)nc12.